The molecule has 4 rings (SSSR count). The van der Waals surface area contributed by atoms with E-state index in [-0.39, 0.29) is 5.91 Å². The van der Waals surface area contributed by atoms with Gasteiger partial charge in [-0.25, -0.2) is 0 Å². The lowest BCUT2D eigenvalue weighted by Crippen LogP contribution is -2.26. The standard InChI is InChI=1S/C25H21NO/c1-2-19-17-18-24(23-16-10-9-15-22(19)23)25(27)26(20-11-5-3-6-12-20)21-13-7-4-8-14-21/h3-18H,2H2,1H3. The fraction of sp³-hybridized carbons (Fsp3) is 0.0800. The Morgan fingerprint density at radius 2 is 1.19 bits per heavy atom. The second kappa shape index (κ2) is 7.46. The Hall–Kier alpha value is -3.39. The molecule has 0 aromatic heterocycles. The SMILES string of the molecule is CCc1ccc(C(=O)N(c2ccccc2)c2ccccc2)c2ccccc12. The van der Waals surface area contributed by atoms with Crippen LogP contribution < -0.4 is 4.90 Å². The maximum atomic E-state index is 13.7. The van der Waals surface area contributed by atoms with E-state index in [4.69, 9.17) is 0 Å². The molecule has 27 heavy (non-hydrogen) atoms. The highest BCUT2D eigenvalue weighted by atomic mass is 16.2. The Balaban J connectivity index is 1.90. The Labute approximate surface area is 159 Å². The summed E-state index contributed by atoms with van der Waals surface area (Å²) in [5.41, 5.74) is 3.69. The number of aryl methyl sites for hydroxylation is 1. The van der Waals surface area contributed by atoms with Gasteiger partial charge in [-0.15, -0.1) is 0 Å². The molecule has 0 spiro atoms. The molecule has 0 aliphatic rings. The second-order valence-corrected chi connectivity index (χ2v) is 6.48. The lowest BCUT2D eigenvalue weighted by atomic mass is 9.97. The number of para-hydroxylation sites is 2. The van der Waals surface area contributed by atoms with Gasteiger partial charge in [0.2, 0.25) is 0 Å². The van der Waals surface area contributed by atoms with Gasteiger partial charge in [0.1, 0.15) is 0 Å². The summed E-state index contributed by atoms with van der Waals surface area (Å²) in [5.74, 6) is -0.0220. The van der Waals surface area contributed by atoms with Crippen LogP contribution >= 0.6 is 0 Å². The molecule has 4 aromatic rings. The number of hydrogen-bond donors (Lipinski definition) is 0. The molecule has 2 heteroatoms. The molecule has 0 heterocycles. The Morgan fingerprint density at radius 3 is 1.74 bits per heavy atom. The normalized spacial score (nSPS) is 10.7. The van der Waals surface area contributed by atoms with Crippen LogP contribution in [0.5, 0.6) is 0 Å². The zero-order valence-electron chi connectivity index (χ0n) is 15.3. The van der Waals surface area contributed by atoms with Gasteiger partial charge in [-0.2, -0.15) is 0 Å². The average molecular weight is 351 g/mol. The third kappa shape index (κ3) is 3.22. The highest BCUT2D eigenvalue weighted by molar-refractivity contribution is 6.17. The van der Waals surface area contributed by atoms with Crippen molar-refractivity contribution in [2.24, 2.45) is 0 Å². The number of fused-ring (bicyclic) bond motifs is 1. The summed E-state index contributed by atoms with van der Waals surface area (Å²) >= 11 is 0. The van der Waals surface area contributed by atoms with Gasteiger partial charge in [-0.1, -0.05) is 73.7 Å². The predicted molar refractivity (Wildman–Crippen MR) is 113 cm³/mol. The molecule has 2 nitrogen and oxygen atoms in total. The molecule has 0 saturated carbocycles. The highest BCUT2D eigenvalue weighted by Crippen LogP contribution is 2.30. The van der Waals surface area contributed by atoms with Crippen molar-refractivity contribution in [2.75, 3.05) is 4.90 Å². The topological polar surface area (TPSA) is 20.3 Å². The Morgan fingerprint density at radius 1 is 0.667 bits per heavy atom. The first kappa shape index (κ1) is 17.0. The first-order valence-electron chi connectivity index (χ1n) is 9.25. The summed E-state index contributed by atoms with van der Waals surface area (Å²) in [6.45, 7) is 2.14. The van der Waals surface area contributed by atoms with E-state index in [1.54, 1.807) is 4.90 Å². The van der Waals surface area contributed by atoms with Crippen molar-refractivity contribution in [3.05, 3.63) is 108 Å². The van der Waals surface area contributed by atoms with Crippen molar-refractivity contribution in [3.63, 3.8) is 0 Å². The zero-order valence-corrected chi connectivity index (χ0v) is 15.3. The van der Waals surface area contributed by atoms with Crippen molar-refractivity contribution in [1.82, 2.24) is 0 Å². The van der Waals surface area contributed by atoms with Gasteiger partial charge in [0, 0.05) is 16.9 Å². The number of carbonyl (C=O) groups excluding carboxylic acids is 1. The van der Waals surface area contributed by atoms with E-state index < -0.39 is 0 Å². The quantitative estimate of drug-likeness (QED) is 0.418. The van der Waals surface area contributed by atoms with E-state index in [0.717, 1.165) is 34.1 Å². The number of carbonyl (C=O) groups is 1. The molecule has 0 unspecified atom stereocenters. The third-order valence-corrected chi connectivity index (χ3v) is 4.86. The van der Waals surface area contributed by atoms with Crippen LogP contribution in [-0.2, 0) is 6.42 Å². The molecule has 0 atom stereocenters. The fourth-order valence-electron chi connectivity index (χ4n) is 3.51. The molecular formula is C25H21NO. The molecule has 1 amide bonds. The van der Waals surface area contributed by atoms with Crippen molar-refractivity contribution in [1.29, 1.82) is 0 Å². The molecule has 4 aromatic carbocycles. The summed E-state index contributed by atoms with van der Waals surface area (Å²) in [6.07, 6.45) is 0.941. The van der Waals surface area contributed by atoms with E-state index in [1.165, 1.54) is 5.56 Å². The first-order valence-corrected chi connectivity index (χ1v) is 9.25. The molecule has 0 fully saturated rings. The smallest absolute Gasteiger partial charge is 0.263 e. The fourth-order valence-corrected chi connectivity index (χ4v) is 3.51. The minimum Gasteiger partial charge on any atom is -0.277 e. The van der Waals surface area contributed by atoms with Crippen LogP contribution in [0.4, 0.5) is 11.4 Å². The Bertz CT molecular complexity index is 1030. The molecule has 0 aliphatic carbocycles. The molecule has 0 bridgehead atoms. The van der Waals surface area contributed by atoms with Gasteiger partial charge in [-0.3, -0.25) is 9.69 Å². The van der Waals surface area contributed by atoms with Crippen molar-refractivity contribution in [2.45, 2.75) is 13.3 Å². The van der Waals surface area contributed by atoms with E-state index >= 15 is 0 Å². The van der Waals surface area contributed by atoms with Crippen LogP contribution in [0.3, 0.4) is 0 Å². The van der Waals surface area contributed by atoms with Crippen LogP contribution in [0.2, 0.25) is 0 Å². The molecule has 0 radical (unpaired) electrons. The zero-order chi connectivity index (χ0) is 18.6. The average Bonchev–Trinajstić information content (AvgIpc) is 2.74. The van der Waals surface area contributed by atoms with Gasteiger partial charge >= 0.3 is 0 Å². The maximum Gasteiger partial charge on any atom is 0.263 e. The molecular weight excluding hydrogens is 330 g/mol. The highest BCUT2D eigenvalue weighted by Gasteiger charge is 2.21. The third-order valence-electron chi connectivity index (χ3n) is 4.86. The van der Waals surface area contributed by atoms with Crippen molar-refractivity contribution < 1.29 is 4.79 Å². The van der Waals surface area contributed by atoms with Gasteiger partial charge in [-0.05, 0) is 53.1 Å². The van der Waals surface area contributed by atoms with Gasteiger partial charge in [0.25, 0.3) is 5.91 Å². The lowest BCUT2D eigenvalue weighted by Gasteiger charge is -2.24. The largest absolute Gasteiger partial charge is 0.277 e. The lowest BCUT2D eigenvalue weighted by molar-refractivity contribution is 0.100. The number of anilines is 2. The van der Waals surface area contributed by atoms with E-state index in [1.807, 2.05) is 84.9 Å². The monoisotopic (exact) mass is 351 g/mol. The summed E-state index contributed by atoms with van der Waals surface area (Å²) < 4.78 is 0. The van der Waals surface area contributed by atoms with Gasteiger partial charge < -0.3 is 0 Å². The molecule has 0 saturated heterocycles. The van der Waals surface area contributed by atoms with Crippen LogP contribution in [0.25, 0.3) is 10.8 Å². The number of benzene rings is 4. The number of hydrogen-bond acceptors (Lipinski definition) is 1. The molecule has 0 aliphatic heterocycles. The summed E-state index contributed by atoms with van der Waals surface area (Å²) in [6, 6.07) is 31.8. The van der Waals surface area contributed by atoms with Crippen LogP contribution in [0.1, 0.15) is 22.8 Å². The number of rotatable bonds is 4. The summed E-state index contributed by atoms with van der Waals surface area (Å²) in [5, 5.41) is 2.14. The van der Waals surface area contributed by atoms with Gasteiger partial charge in [0.15, 0.2) is 0 Å². The number of nitrogens with zero attached hydrogens (tertiary/aromatic N) is 1. The molecule has 0 N–H and O–H groups in total. The van der Waals surface area contributed by atoms with E-state index in [2.05, 4.69) is 19.1 Å². The summed E-state index contributed by atoms with van der Waals surface area (Å²) in [4.78, 5) is 15.5. The predicted octanol–water partition coefficient (Wildman–Crippen LogP) is 6.38. The van der Waals surface area contributed by atoms with E-state index in [0.29, 0.717) is 0 Å². The number of amides is 1. The van der Waals surface area contributed by atoms with Crippen LogP contribution in [0, 0.1) is 0 Å². The summed E-state index contributed by atoms with van der Waals surface area (Å²) in [7, 11) is 0. The van der Waals surface area contributed by atoms with Crippen LogP contribution in [-0.4, -0.2) is 5.91 Å². The second-order valence-electron chi connectivity index (χ2n) is 6.48. The van der Waals surface area contributed by atoms with Gasteiger partial charge in [0.05, 0.1) is 0 Å². The first-order chi connectivity index (χ1) is 13.3. The van der Waals surface area contributed by atoms with E-state index in [9.17, 15) is 4.79 Å². The maximum absolute atomic E-state index is 13.7. The molecule has 132 valence electrons. The minimum absolute atomic E-state index is 0.0220. The Kier molecular flexibility index (Phi) is 4.71. The van der Waals surface area contributed by atoms with Crippen molar-refractivity contribution >= 4 is 28.1 Å². The minimum atomic E-state index is -0.0220. The van der Waals surface area contributed by atoms with Crippen LogP contribution in [0.15, 0.2) is 97.1 Å². The van der Waals surface area contributed by atoms with Crippen molar-refractivity contribution in [3.8, 4) is 0 Å².